The topological polar surface area (TPSA) is 230 Å². The molecule has 0 aliphatic carbocycles. The zero-order valence-electron chi connectivity index (χ0n) is 27.8. The van der Waals surface area contributed by atoms with Crippen LogP contribution >= 0.6 is 0 Å². The van der Waals surface area contributed by atoms with E-state index in [0.717, 1.165) is 6.07 Å². The Morgan fingerprint density at radius 2 is 1.35 bits per heavy atom. The molecule has 0 aliphatic heterocycles. The number of halogens is 3. The second-order valence-corrected chi connectivity index (χ2v) is 11.5. The monoisotopic (exact) mass is 712 g/mol. The Kier molecular flexibility index (Phi) is 15.2. The molecule has 0 fully saturated rings. The standard InChI is InChI=1S/C35H43F3N8O5/c36-35(37,38)26-12-5-4-11-24(26)21-51-25-17-15-22(16-18-25)29(30(40)47)46-33(50)27(13-6-7-19-39)45-32(49)28(14-8-20-43-34(41)42)44-31(48)23-9-2-1-3-10-23/h1-5,9-12,15-18,27-29H,6-8,13-14,19-21,39H2,(H2,40,47)(H,44,48)(H,45,49)(H,46,50)(H4,41,42,43)/t27-,28-,29+/m0/s1. The lowest BCUT2D eigenvalue weighted by Crippen LogP contribution is -2.54. The van der Waals surface area contributed by atoms with Crippen LogP contribution < -0.4 is 43.6 Å². The quantitative estimate of drug-likeness (QED) is 0.0553. The van der Waals surface area contributed by atoms with Gasteiger partial charge in [-0.3, -0.25) is 24.2 Å². The van der Waals surface area contributed by atoms with Gasteiger partial charge in [0.2, 0.25) is 17.7 Å². The van der Waals surface area contributed by atoms with E-state index in [0.29, 0.717) is 31.4 Å². The Hall–Kier alpha value is -5.64. The van der Waals surface area contributed by atoms with Crippen molar-refractivity contribution in [2.45, 2.75) is 63.0 Å². The van der Waals surface area contributed by atoms with Crippen molar-refractivity contribution in [1.82, 2.24) is 16.0 Å². The molecule has 3 atom stereocenters. The number of primary amides is 1. The molecule has 0 heterocycles. The predicted molar refractivity (Wildman–Crippen MR) is 185 cm³/mol. The average Bonchev–Trinajstić information content (AvgIpc) is 3.10. The van der Waals surface area contributed by atoms with Crippen LogP contribution in [-0.2, 0) is 27.2 Å². The summed E-state index contributed by atoms with van der Waals surface area (Å²) in [5.41, 5.74) is 21.8. The summed E-state index contributed by atoms with van der Waals surface area (Å²) < 4.78 is 45.6. The summed E-state index contributed by atoms with van der Waals surface area (Å²) in [6.45, 7) is 0.165. The summed E-state index contributed by atoms with van der Waals surface area (Å²) in [5.74, 6) is -2.70. The van der Waals surface area contributed by atoms with Crippen LogP contribution in [0.3, 0.4) is 0 Å². The van der Waals surface area contributed by atoms with Crippen LogP contribution in [0.1, 0.15) is 65.2 Å². The molecule has 0 unspecified atom stereocenters. The smallest absolute Gasteiger partial charge is 0.416 e. The number of amides is 4. The van der Waals surface area contributed by atoms with Crippen LogP contribution in [0, 0.1) is 0 Å². The van der Waals surface area contributed by atoms with Crippen molar-refractivity contribution in [3.8, 4) is 5.75 Å². The van der Waals surface area contributed by atoms with E-state index in [1.807, 2.05) is 0 Å². The minimum absolute atomic E-state index is 0.0605. The summed E-state index contributed by atoms with van der Waals surface area (Å²) in [6.07, 6.45) is -2.94. The van der Waals surface area contributed by atoms with Gasteiger partial charge >= 0.3 is 6.18 Å². The van der Waals surface area contributed by atoms with E-state index in [-0.39, 0.29) is 48.8 Å². The number of nitrogens with two attached hydrogens (primary N) is 4. The highest BCUT2D eigenvalue weighted by Crippen LogP contribution is 2.32. The second kappa shape index (κ2) is 19.5. The van der Waals surface area contributed by atoms with Gasteiger partial charge in [0.1, 0.15) is 30.5 Å². The first-order chi connectivity index (χ1) is 24.3. The molecule has 16 heteroatoms. The van der Waals surface area contributed by atoms with Gasteiger partial charge in [-0.25, -0.2) is 0 Å². The summed E-state index contributed by atoms with van der Waals surface area (Å²) in [7, 11) is 0. The largest absolute Gasteiger partial charge is 0.489 e. The van der Waals surface area contributed by atoms with Gasteiger partial charge in [-0.15, -0.1) is 0 Å². The van der Waals surface area contributed by atoms with Gasteiger partial charge in [0.05, 0.1) is 5.56 Å². The van der Waals surface area contributed by atoms with Gasteiger partial charge < -0.3 is 43.6 Å². The molecule has 0 saturated carbocycles. The summed E-state index contributed by atoms with van der Waals surface area (Å²) in [4.78, 5) is 56.5. The fraction of sp³-hybridized carbons (Fsp3) is 0.343. The molecular weight excluding hydrogens is 669 g/mol. The molecule has 0 radical (unpaired) electrons. The maximum absolute atomic E-state index is 13.6. The predicted octanol–water partition coefficient (Wildman–Crippen LogP) is 2.39. The molecule has 13 nitrogen and oxygen atoms in total. The minimum Gasteiger partial charge on any atom is -0.489 e. The van der Waals surface area contributed by atoms with Gasteiger partial charge in [0.15, 0.2) is 5.96 Å². The van der Waals surface area contributed by atoms with E-state index >= 15 is 0 Å². The van der Waals surface area contributed by atoms with Crippen molar-refractivity contribution < 1.29 is 37.1 Å². The van der Waals surface area contributed by atoms with Crippen LogP contribution in [0.2, 0.25) is 0 Å². The lowest BCUT2D eigenvalue weighted by molar-refractivity contribution is -0.138. The highest BCUT2D eigenvalue weighted by Gasteiger charge is 2.33. The highest BCUT2D eigenvalue weighted by atomic mass is 19.4. The molecule has 0 spiro atoms. The third-order valence-electron chi connectivity index (χ3n) is 7.68. The number of guanidine groups is 1. The van der Waals surface area contributed by atoms with Crippen molar-refractivity contribution in [3.05, 3.63) is 101 Å². The van der Waals surface area contributed by atoms with Crippen molar-refractivity contribution >= 4 is 29.6 Å². The number of carbonyl (C=O) groups excluding carboxylic acids is 4. The number of rotatable bonds is 19. The molecule has 11 N–H and O–H groups in total. The fourth-order valence-corrected chi connectivity index (χ4v) is 5.04. The van der Waals surface area contributed by atoms with Crippen LogP contribution in [0.25, 0.3) is 0 Å². The normalized spacial score (nSPS) is 12.9. The Morgan fingerprint density at radius 1 is 0.745 bits per heavy atom. The van der Waals surface area contributed by atoms with E-state index in [4.69, 9.17) is 27.7 Å². The molecule has 3 rings (SSSR count). The number of aliphatic imine (C=N–C) groups is 1. The molecule has 0 bridgehead atoms. The molecule has 3 aromatic rings. The van der Waals surface area contributed by atoms with Gasteiger partial charge in [-0.1, -0.05) is 48.5 Å². The van der Waals surface area contributed by atoms with Gasteiger partial charge in [0, 0.05) is 17.7 Å². The SMILES string of the molecule is NCCCC[C@H](NC(=O)[C@H](CCCN=C(N)N)NC(=O)c1ccccc1)C(=O)N[C@@H](C(N)=O)c1ccc(OCc2ccccc2C(F)(F)F)cc1. The lowest BCUT2D eigenvalue weighted by atomic mass is 10.0. The van der Waals surface area contributed by atoms with E-state index < -0.39 is 53.5 Å². The zero-order chi connectivity index (χ0) is 37.4. The number of ether oxygens (including phenoxy) is 1. The van der Waals surface area contributed by atoms with E-state index in [9.17, 15) is 32.3 Å². The minimum atomic E-state index is -4.55. The lowest BCUT2D eigenvalue weighted by Gasteiger charge is -2.25. The number of hydrogen-bond donors (Lipinski definition) is 7. The van der Waals surface area contributed by atoms with Crippen LogP contribution in [-0.4, -0.2) is 54.8 Å². The maximum atomic E-state index is 13.6. The molecule has 274 valence electrons. The second-order valence-electron chi connectivity index (χ2n) is 11.5. The summed E-state index contributed by atoms with van der Waals surface area (Å²) >= 11 is 0. The first-order valence-corrected chi connectivity index (χ1v) is 16.2. The van der Waals surface area contributed by atoms with Crippen molar-refractivity contribution in [2.75, 3.05) is 13.1 Å². The molecule has 0 aromatic heterocycles. The third-order valence-corrected chi connectivity index (χ3v) is 7.68. The fourth-order valence-electron chi connectivity index (χ4n) is 5.04. The molecule has 0 aliphatic rings. The number of nitrogens with zero attached hydrogens (tertiary/aromatic N) is 1. The summed E-state index contributed by atoms with van der Waals surface area (Å²) in [5, 5.41) is 7.97. The van der Waals surface area contributed by atoms with E-state index in [1.54, 1.807) is 30.3 Å². The van der Waals surface area contributed by atoms with Crippen molar-refractivity contribution in [2.24, 2.45) is 27.9 Å². The van der Waals surface area contributed by atoms with Crippen LogP contribution in [0.15, 0.2) is 83.9 Å². The third kappa shape index (κ3) is 13.0. The molecular formula is C35H43F3N8O5. The van der Waals surface area contributed by atoms with Crippen LogP contribution in [0.4, 0.5) is 13.2 Å². The number of carbonyl (C=O) groups is 4. The molecule has 3 aromatic carbocycles. The summed E-state index contributed by atoms with van der Waals surface area (Å²) in [6, 6.07) is 15.5. The molecule has 0 saturated heterocycles. The number of alkyl halides is 3. The first kappa shape index (κ1) is 39.8. The van der Waals surface area contributed by atoms with E-state index in [2.05, 4.69) is 20.9 Å². The Labute approximate surface area is 293 Å². The Bertz CT molecular complexity index is 1630. The van der Waals surface area contributed by atoms with Crippen LogP contribution in [0.5, 0.6) is 5.75 Å². The zero-order valence-corrected chi connectivity index (χ0v) is 27.8. The van der Waals surface area contributed by atoms with Crippen molar-refractivity contribution in [3.63, 3.8) is 0 Å². The average molecular weight is 713 g/mol. The maximum Gasteiger partial charge on any atom is 0.416 e. The van der Waals surface area contributed by atoms with Gasteiger partial charge in [-0.05, 0) is 74.5 Å². The Morgan fingerprint density at radius 3 is 1.98 bits per heavy atom. The first-order valence-electron chi connectivity index (χ1n) is 16.2. The molecule has 4 amide bonds. The van der Waals surface area contributed by atoms with Crippen molar-refractivity contribution in [1.29, 1.82) is 0 Å². The Balaban J connectivity index is 1.74. The molecule has 51 heavy (non-hydrogen) atoms. The number of unbranched alkanes of at least 4 members (excludes halogenated alkanes) is 1. The van der Waals surface area contributed by atoms with Gasteiger partial charge in [-0.2, -0.15) is 13.2 Å². The number of benzene rings is 3. The highest BCUT2D eigenvalue weighted by molar-refractivity contribution is 5.98. The van der Waals surface area contributed by atoms with Gasteiger partial charge in [0.25, 0.3) is 5.91 Å². The number of hydrogen-bond acceptors (Lipinski definition) is 7. The van der Waals surface area contributed by atoms with E-state index in [1.165, 1.54) is 42.5 Å². The number of nitrogens with one attached hydrogen (secondary N) is 3.